The van der Waals surface area contributed by atoms with E-state index < -0.39 is 10.0 Å². The van der Waals surface area contributed by atoms with Crippen molar-refractivity contribution in [3.8, 4) is 16.9 Å². The van der Waals surface area contributed by atoms with Crippen LogP contribution in [0.15, 0.2) is 36.8 Å². The molecular weight excluding hydrogens is 540 g/mol. The Kier molecular flexibility index (Phi) is 8.16. The average molecular weight is 571 g/mol. The van der Waals surface area contributed by atoms with E-state index >= 15 is 0 Å². The number of aromatic nitrogens is 4. The number of nitrogens with one attached hydrogen (secondary N) is 2. The summed E-state index contributed by atoms with van der Waals surface area (Å²) in [6, 6.07) is 6.15. The number of aliphatic hydroxyl groups is 1. The van der Waals surface area contributed by atoms with Gasteiger partial charge in [-0.2, -0.15) is 5.10 Å². The van der Waals surface area contributed by atoms with E-state index in [9.17, 15) is 13.5 Å². The number of rotatable bonds is 8. The lowest BCUT2D eigenvalue weighted by Crippen LogP contribution is -2.42. The highest BCUT2D eigenvalue weighted by Gasteiger charge is 2.26. The van der Waals surface area contributed by atoms with Crippen LogP contribution in [-0.4, -0.2) is 75.1 Å². The van der Waals surface area contributed by atoms with Crippen LogP contribution in [-0.2, 0) is 16.6 Å². The summed E-state index contributed by atoms with van der Waals surface area (Å²) in [7, 11) is -3.20. The highest BCUT2D eigenvalue weighted by molar-refractivity contribution is 7.88. The summed E-state index contributed by atoms with van der Waals surface area (Å²) in [5.74, 6) is 0.382. The van der Waals surface area contributed by atoms with Crippen LogP contribution in [0.3, 0.4) is 0 Å². The molecular formula is C26H31ClN8O3S. The van der Waals surface area contributed by atoms with E-state index in [0.29, 0.717) is 72.1 Å². The largest absolute Gasteiger partial charge is 0.393 e. The molecule has 0 radical (unpaired) electrons. The number of hydrogen-bond donors (Lipinski definition) is 3. The quantitative estimate of drug-likeness (QED) is 0.352. The number of aliphatic hydroxyl groups excluding tert-OH is 1. The molecule has 1 aliphatic heterocycles. The van der Waals surface area contributed by atoms with Gasteiger partial charge in [-0.1, -0.05) is 17.7 Å². The third-order valence-corrected chi connectivity index (χ3v) is 8.87. The summed E-state index contributed by atoms with van der Waals surface area (Å²) in [5, 5.41) is 21.5. The van der Waals surface area contributed by atoms with Gasteiger partial charge in [0.2, 0.25) is 21.7 Å². The molecule has 3 heterocycles. The molecule has 206 valence electrons. The minimum absolute atomic E-state index is 0.0305. The molecule has 1 aromatic carbocycles. The normalized spacial score (nSPS) is 20.7. The van der Waals surface area contributed by atoms with E-state index in [1.165, 1.54) is 16.8 Å². The van der Waals surface area contributed by atoms with Crippen molar-refractivity contribution in [2.45, 2.75) is 56.8 Å². The van der Waals surface area contributed by atoms with E-state index in [2.05, 4.69) is 30.5 Å². The topological polar surface area (TPSA) is 130 Å². The molecule has 0 unspecified atom stereocenters. The van der Waals surface area contributed by atoms with Gasteiger partial charge in [-0.3, -0.25) is 0 Å². The first-order chi connectivity index (χ1) is 18.7. The van der Waals surface area contributed by atoms with Gasteiger partial charge in [-0.25, -0.2) is 32.2 Å². The Morgan fingerprint density at radius 2 is 1.97 bits per heavy atom. The van der Waals surface area contributed by atoms with Crippen LogP contribution in [0.1, 0.15) is 37.7 Å². The first-order valence-corrected chi connectivity index (χ1v) is 15.1. The van der Waals surface area contributed by atoms with Crippen LogP contribution in [0, 0.1) is 6.57 Å². The molecule has 2 atom stereocenters. The summed E-state index contributed by atoms with van der Waals surface area (Å²) in [5.41, 5.74) is 3.16. The highest BCUT2D eigenvalue weighted by Crippen LogP contribution is 2.31. The van der Waals surface area contributed by atoms with Crippen LogP contribution in [0.2, 0.25) is 5.02 Å². The third-order valence-electron chi connectivity index (χ3n) is 7.26. The monoisotopic (exact) mass is 570 g/mol. The van der Waals surface area contributed by atoms with Crippen molar-refractivity contribution < 1.29 is 13.5 Å². The Hall–Kier alpha value is -3.08. The first kappa shape index (κ1) is 27.5. The van der Waals surface area contributed by atoms with Gasteiger partial charge < -0.3 is 15.7 Å². The summed E-state index contributed by atoms with van der Waals surface area (Å²) in [6.45, 7) is 9.12. The number of piperidine rings is 1. The Labute approximate surface area is 233 Å². The van der Waals surface area contributed by atoms with Gasteiger partial charge in [-0.05, 0) is 49.8 Å². The van der Waals surface area contributed by atoms with Crippen molar-refractivity contribution in [1.29, 1.82) is 0 Å². The summed E-state index contributed by atoms with van der Waals surface area (Å²) in [6.07, 6.45) is 9.78. The lowest BCUT2D eigenvalue weighted by Gasteiger charge is -2.30. The average Bonchev–Trinajstić information content (AvgIpc) is 3.56. The minimum atomic E-state index is -3.20. The summed E-state index contributed by atoms with van der Waals surface area (Å²) < 4.78 is 26.7. The molecule has 39 heavy (non-hydrogen) atoms. The lowest BCUT2D eigenvalue weighted by molar-refractivity contribution is 0.179. The molecule has 1 saturated heterocycles. The Morgan fingerprint density at radius 1 is 1.18 bits per heavy atom. The second-order valence-corrected chi connectivity index (χ2v) is 12.5. The van der Waals surface area contributed by atoms with Gasteiger partial charge in [0.1, 0.15) is 0 Å². The number of anilines is 1. The second-order valence-electron chi connectivity index (χ2n) is 10.1. The zero-order chi connectivity index (χ0) is 27.6. The fourth-order valence-corrected chi connectivity index (χ4v) is 6.25. The molecule has 2 aromatic heterocycles. The zero-order valence-electron chi connectivity index (χ0n) is 21.6. The smallest absolute Gasteiger partial charge is 0.231 e. The van der Waals surface area contributed by atoms with Gasteiger partial charge in [0, 0.05) is 49.7 Å². The van der Waals surface area contributed by atoms with Crippen molar-refractivity contribution in [3.05, 3.63) is 58.8 Å². The fraction of sp³-hybridized carbons (Fsp3) is 0.462. The maximum absolute atomic E-state index is 11.8. The van der Waals surface area contributed by atoms with Gasteiger partial charge in [0.15, 0.2) is 0 Å². The predicted molar refractivity (Wildman–Crippen MR) is 149 cm³/mol. The summed E-state index contributed by atoms with van der Waals surface area (Å²) in [4.78, 5) is 12.5. The minimum Gasteiger partial charge on any atom is -0.393 e. The van der Waals surface area contributed by atoms with Crippen molar-refractivity contribution in [3.63, 3.8) is 0 Å². The Balaban J connectivity index is 1.28. The van der Waals surface area contributed by atoms with Crippen molar-refractivity contribution in [2.24, 2.45) is 0 Å². The van der Waals surface area contributed by atoms with Crippen LogP contribution in [0.5, 0.6) is 0 Å². The predicted octanol–water partition coefficient (Wildman–Crippen LogP) is 3.37. The fourth-order valence-electron chi connectivity index (χ4n) is 5.08. The number of nitrogens with zero attached hydrogens (tertiary/aromatic N) is 6. The number of halogens is 1. The van der Waals surface area contributed by atoms with Crippen LogP contribution < -0.4 is 10.6 Å². The van der Waals surface area contributed by atoms with Gasteiger partial charge in [0.25, 0.3) is 0 Å². The first-order valence-electron chi connectivity index (χ1n) is 12.9. The van der Waals surface area contributed by atoms with Crippen molar-refractivity contribution in [2.75, 3.05) is 24.7 Å². The standard InChI is InChI=1S/C26H31ClN8O3S/c1-28-23-15-30-26(32-19-7-9-34(10-8-19)39(2,37)38)33-25(23)18-14-31-35(16-18)24-6-3-17(11-22(24)27)13-29-20-4-5-21(36)12-20/h3,6,11,14-16,19-21,29,36H,4-5,7-10,12-13H2,2H3,(H,30,32,33)/t20-,21+/m0/s1. The van der Waals surface area contributed by atoms with Gasteiger partial charge >= 0.3 is 0 Å². The Morgan fingerprint density at radius 3 is 2.64 bits per heavy atom. The molecule has 13 heteroatoms. The SMILES string of the molecule is [C-]#[N+]c1cnc(NC2CCN(S(C)(=O)=O)CC2)nc1-c1cnn(-c2ccc(CN[C@H]3CC[C@@H](O)C3)cc2Cl)c1. The van der Waals surface area contributed by atoms with Gasteiger partial charge in [0.05, 0.1) is 41.5 Å². The molecule has 2 fully saturated rings. The lowest BCUT2D eigenvalue weighted by atomic mass is 10.1. The van der Waals surface area contributed by atoms with E-state index in [1.54, 1.807) is 17.1 Å². The molecule has 0 bridgehead atoms. The zero-order valence-corrected chi connectivity index (χ0v) is 23.2. The number of sulfonamides is 1. The van der Waals surface area contributed by atoms with E-state index in [-0.39, 0.29) is 12.1 Å². The van der Waals surface area contributed by atoms with E-state index in [1.807, 2.05) is 18.2 Å². The van der Waals surface area contributed by atoms with E-state index in [4.69, 9.17) is 18.2 Å². The molecule has 0 amide bonds. The highest BCUT2D eigenvalue weighted by atomic mass is 35.5. The molecule has 2 aliphatic rings. The molecule has 1 saturated carbocycles. The summed E-state index contributed by atoms with van der Waals surface area (Å²) >= 11 is 6.61. The van der Waals surface area contributed by atoms with Crippen LogP contribution >= 0.6 is 11.6 Å². The molecule has 3 aromatic rings. The molecule has 11 nitrogen and oxygen atoms in total. The van der Waals surface area contributed by atoms with E-state index in [0.717, 1.165) is 24.8 Å². The Bertz CT molecular complexity index is 1480. The second kappa shape index (κ2) is 11.6. The van der Waals surface area contributed by atoms with Crippen LogP contribution in [0.25, 0.3) is 21.8 Å². The van der Waals surface area contributed by atoms with Crippen LogP contribution in [0.4, 0.5) is 11.6 Å². The maximum Gasteiger partial charge on any atom is 0.231 e. The van der Waals surface area contributed by atoms with Crippen molar-refractivity contribution in [1.82, 2.24) is 29.4 Å². The molecule has 5 rings (SSSR count). The third kappa shape index (κ3) is 6.57. The van der Waals surface area contributed by atoms with Crippen molar-refractivity contribution >= 4 is 33.3 Å². The molecule has 0 spiro atoms. The molecule has 3 N–H and O–H groups in total. The molecule has 1 aliphatic carbocycles. The number of hydrogen-bond acceptors (Lipinski definition) is 8. The van der Waals surface area contributed by atoms with Gasteiger partial charge in [-0.15, -0.1) is 0 Å². The maximum atomic E-state index is 11.8. The number of benzene rings is 1.